The molecule has 90 valence electrons. The lowest BCUT2D eigenvalue weighted by Gasteiger charge is -2.20. The Hall–Kier alpha value is -0.200. The van der Waals surface area contributed by atoms with E-state index in [1.807, 2.05) is 0 Å². The molecule has 0 saturated heterocycles. The van der Waals surface area contributed by atoms with Crippen LogP contribution in [-0.2, 0) is 9.84 Å². The molecule has 0 fully saturated rings. The number of rotatable bonds is 3. The van der Waals surface area contributed by atoms with Crippen LogP contribution in [0.5, 0.6) is 0 Å². The molecule has 0 N–H and O–H groups in total. The number of thiophene rings is 1. The standard InChI is InChI=1S/C10H13BrO3S2/c1-6-7(5-8(11)15-6)9(12)10(2,3)16(4,13)14/h5H,1-4H3. The molecule has 0 radical (unpaired) electrons. The van der Waals surface area contributed by atoms with Crippen LogP contribution in [-0.4, -0.2) is 25.2 Å². The van der Waals surface area contributed by atoms with Crippen molar-refractivity contribution >= 4 is 42.9 Å². The Morgan fingerprint density at radius 2 is 1.94 bits per heavy atom. The molecule has 16 heavy (non-hydrogen) atoms. The highest BCUT2D eigenvalue weighted by Crippen LogP contribution is 2.31. The molecule has 0 aromatic carbocycles. The van der Waals surface area contributed by atoms with Gasteiger partial charge < -0.3 is 0 Å². The molecule has 1 aromatic rings. The number of Topliss-reactive ketones (excluding diaryl/α,β-unsaturated/α-hetero) is 1. The van der Waals surface area contributed by atoms with Crippen molar-refractivity contribution in [2.24, 2.45) is 0 Å². The van der Waals surface area contributed by atoms with Gasteiger partial charge in [0.05, 0.1) is 3.79 Å². The fraction of sp³-hybridized carbons (Fsp3) is 0.500. The maximum absolute atomic E-state index is 12.2. The fourth-order valence-corrected chi connectivity index (χ4v) is 3.30. The summed E-state index contributed by atoms with van der Waals surface area (Å²) in [5, 5.41) is 0. The maximum Gasteiger partial charge on any atom is 0.184 e. The molecule has 0 spiro atoms. The highest BCUT2D eigenvalue weighted by Gasteiger charge is 2.39. The van der Waals surface area contributed by atoms with Gasteiger partial charge in [-0.25, -0.2) is 8.42 Å². The van der Waals surface area contributed by atoms with Crippen molar-refractivity contribution in [2.75, 3.05) is 6.26 Å². The van der Waals surface area contributed by atoms with E-state index in [9.17, 15) is 13.2 Å². The van der Waals surface area contributed by atoms with Gasteiger partial charge in [0.25, 0.3) is 0 Å². The molecule has 0 bridgehead atoms. The van der Waals surface area contributed by atoms with Crippen molar-refractivity contribution in [1.82, 2.24) is 0 Å². The highest BCUT2D eigenvalue weighted by atomic mass is 79.9. The molecule has 0 aliphatic carbocycles. The number of ketones is 1. The van der Waals surface area contributed by atoms with Crippen LogP contribution in [0.1, 0.15) is 29.1 Å². The monoisotopic (exact) mass is 324 g/mol. The molecule has 3 nitrogen and oxygen atoms in total. The van der Waals surface area contributed by atoms with Crippen LogP contribution < -0.4 is 0 Å². The van der Waals surface area contributed by atoms with E-state index in [1.165, 1.54) is 25.2 Å². The van der Waals surface area contributed by atoms with Crippen LogP contribution in [0.3, 0.4) is 0 Å². The van der Waals surface area contributed by atoms with Crippen LogP contribution in [0.2, 0.25) is 0 Å². The lowest BCUT2D eigenvalue weighted by Crippen LogP contribution is -2.40. The van der Waals surface area contributed by atoms with Crippen molar-refractivity contribution in [3.05, 3.63) is 20.3 Å². The first-order valence-corrected chi connectivity index (χ1v) is 8.08. The number of aryl methyl sites for hydroxylation is 1. The molecule has 0 aliphatic heterocycles. The average molecular weight is 325 g/mol. The van der Waals surface area contributed by atoms with Crippen molar-refractivity contribution in [3.8, 4) is 0 Å². The smallest absolute Gasteiger partial charge is 0.184 e. The first-order valence-electron chi connectivity index (χ1n) is 4.57. The minimum Gasteiger partial charge on any atom is -0.292 e. The van der Waals surface area contributed by atoms with Crippen molar-refractivity contribution in [3.63, 3.8) is 0 Å². The Kier molecular flexibility index (Phi) is 3.67. The zero-order chi connectivity index (χ0) is 12.7. The van der Waals surface area contributed by atoms with E-state index in [1.54, 1.807) is 13.0 Å². The summed E-state index contributed by atoms with van der Waals surface area (Å²) in [4.78, 5) is 13.0. The molecule has 0 unspecified atom stereocenters. The number of hydrogen-bond donors (Lipinski definition) is 0. The predicted octanol–water partition coefficient (Wildman–Crippen LogP) is 2.82. The maximum atomic E-state index is 12.2. The molecular weight excluding hydrogens is 312 g/mol. The molecule has 0 aliphatic rings. The van der Waals surface area contributed by atoms with Gasteiger partial charge in [-0.2, -0.15) is 0 Å². The van der Waals surface area contributed by atoms with Gasteiger partial charge in [-0.3, -0.25) is 4.79 Å². The highest BCUT2D eigenvalue weighted by molar-refractivity contribution is 9.11. The average Bonchev–Trinajstić information content (AvgIpc) is 2.41. The molecular formula is C10H13BrO3S2. The zero-order valence-electron chi connectivity index (χ0n) is 9.50. The summed E-state index contributed by atoms with van der Waals surface area (Å²) in [7, 11) is -3.42. The van der Waals surface area contributed by atoms with Gasteiger partial charge in [-0.1, -0.05) is 0 Å². The molecule has 1 rings (SSSR count). The molecule has 6 heteroatoms. The van der Waals surface area contributed by atoms with E-state index in [4.69, 9.17) is 0 Å². The summed E-state index contributed by atoms with van der Waals surface area (Å²) in [6.45, 7) is 4.69. The van der Waals surface area contributed by atoms with Gasteiger partial charge in [-0.05, 0) is 42.8 Å². The van der Waals surface area contributed by atoms with E-state index in [2.05, 4.69) is 15.9 Å². The van der Waals surface area contributed by atoms with Gasteiger partial charge in [0.2, 0.25) is 0 Å². The predicted molar refractivity (Wildman–Crippen MR) is 70.0 cm³/mol. The second-order valence-electron chi connectivity index (χ2n) is 4.13. The molecule has 1 heterocycles. The first-order chi connectivity index (χ1) is 7.07. The minimum atomic E-state index is -3.42. The number of carbonyl (C=O) groups excluding carboxylic acids is 1. The topological polar surface area (TPSA) is 51.2 Å². The van der Waals surface area contributed by atoms with Crippen molar-refractivity contribution < 1.29 is 13.2 Å². The van der Waals surface area contributed by atoms with Gasteiger partial charge in [0.1, 0.15) is 4.75 Å². The normalized spacial score (nSPS) is 12.8. The fourth-order valence-electron chi connectivity index (χ4n) is 1.16. The Morgan fingerprint density at radius 3 is 2.25 bits per heavy atom. The van der Waals surface area contributed by atoms with E-state index in [-0.39, 0.29) is 5.78 Å². The zero-order valence-corrected chi connectivity index (χ0v) is 12.7. The van der Waals surface area contributed by atoms with E-state index in [0.29, 0.717) is 5.56 Å². The number of sulfone groups is 1. The molecule has 0 amide bonds. The minimum absolute atomic E-state index is 0.352. The van der Waals surface area contributed by atoms with Crippen LogP contribution in [0.25, 0.3) is 0 Å². The van der Waals surface area contributed by atoms with Crippen LogP contribution in [0, 0.1) is 6.92 Å². The third kappa shape index (κ3) is 2.38. The van der Waals surface area contributed by atoms with Crippen molar-refractivity contribution in [1.29, 1.82) is 0 Å². The van der Waals surface area contributed by atoms with Crippen LogP contribution >= 0.6 is 27.3 Å². The number of hydrogen-bond acceptors (Lipinski definition) is 4. The van der Waals surface area contributed by atoms with E-state index >= 15 is 0 Å². The number of halogens is 1. The third-order valence-corrected chi connectivity index (χ3v) is 6.20. The Bertz CT molecular complexity index is 526. The molecule has 0 saturated carbocycles. The lowest BCUT2D eigenvalue weighted by atomic mass is 10.0. The molecule has 1 aromatic heterocycles. The van der Waals surface area contributed by atoms with E-state index < -0.39 is 14.6 Å². The SMILES string of the molecule is Cc1sc(Br)cc1C(=O)C(C)(C)S(C)(=O)=O. The van der Waals surface area contributed by atoms with Crippen LogP contribution in [0.15, 0.2) is 9.85 Å². The van der Waals surface area contributed by atoms with Gasteiger partial charge >= 0.3 is 0 Å². The van der Waals surface area contributed by atoms with Gasteiger partial charge in [0, 0.05) is 16.7 Å². The second kappa shape index (κ2) is 4.23. The summed E-state index contributed by atoms with van der Waals surface area (Å²) in [5.41, 5.74) is 0.479. The Morgan fingerprint density at radius 1 is 1.44 bits per heavy atom. The van der Waals surface area contributed by atoms with Crippen molar-refractivity contribution in [2.45, 2.75) is 25.5 Å². The summed E-state index contributed by atoms with van der Waals surface area (Å²) in [6, 6.07) is 1.68. The lowest BCUT2D eigenvalue weighted by molar-refractivity contribution is 0.0954. The van der Waals surface area contributed by atoms with Gasteiger partial charge in [0.15, 0.2) is 15.6 Å². The third-order valence-electron chi connectivity index (χ3n) is 2.61. The molecule has 0 atom stereocenters. The van der Waals surface area contributed by atoms with E-state index in [0.717, 1.165) is 14.9 Å². The summed E-state index contributed by atoms with van der Waals surface area (Å²) in [6.07, 6.45) is 1.08. The Balaban J connectivity index is 3.28. The van der Waals surface area contributed by atoms with Gasteiger partial charge in [-0.15, -0.1) is 11.3 Å². The summed E-state index contributed by atoms with van der Waals surface area (Å²) < 4.78 is 22.6. The second-order valence-corrected chi connectivity index (χ2v) is 9.33. The van der Waals surface area contributed by atoms with Crippen LogP contribution in [0.4, 0.5) is 0 Å². The largest absolute Gasteiger partial charge is 0.292 e. The first kappa shape index (κ1) is 13.9. The quantitative estimate of drug-likeness (QED) is 0.803. The summed E-state index contributed by atoms with van der Waals surface area (Å²) in [5.74, 6) is -0.352. The Labute approximate surface area is 108 Å². The summed E-state index contributed by atoms with van der Waals surface area (Å²) >= 11 is 4.71. The number of carbonyl (C=O) groups is 1.